The number of ether oxygens (including phenoxy) is 3. The summed E-state index contributed by atoms with van der Waals surface area (Å²) in [4.78, 5) is 0. The molecule has 3 N–H and O–H groups in total. The van der Waals surface area contributed by atoms with E-state index in [1.165, 1.54) is 21.3 Å². The first-order chi connectivity index (χ1) is 5.74. The molecular formula is C6H18O6Y. The van der Waals surface area contributed by atoms with Gasteiger partial charge in [0.1, 0.15) is 20.4 Å². The van der Waals surface area contributed by atoms with Gasteiger partial charge in [0, 0.05) is 54.0 Å². The Morgan fingerprint density at radius 1 is 0.692 bits per heavy atom. The quantitative estimate of drug-likeness (QED) is 0.557. The molecule has 0 unspecified atom stereocenters. The average molecular weight is 275 g/mol. The first-order valence-electron chi connectivity index (χ1n) is 3.04. The number of methoxy groups -OCH3 is 3. The van der Waals surface area contributed by atoms with E-state index in [1.54, 1.807) is 0 Å². The second kappa shape index (κ2) is 38.4. The third-order valence-corrected chi connectivity index (χ3v) is 0.387. The van der Waals surface area contributed by atoms with Gasteiger partial charge in [-0.25, -0.2) is 0 Å². The Morgan fingerprint density at radius 3 is 0.769 bits per heavy atom. The van der Waals surface area contributed by atoms with Crippen LogP contribution < -0.4 is 0 Å². The van der Waals surface area contributed by atoms with Crippen LogP contribution in [0.1, 0.15) is 0 Å². The molecule has 13 heavy (non-hydrogen) atoms. The maximum atomic E-state index is 7.65. The number of hydrogen-bond acceptors (Lipinski definition) is 6. The number of aliphatic hydroxyl groups excluding tert-OH is 3. The van der Waals surface area contributed by atoms with E-state index in [0.717, 1.165) is 0 Å². The summed E-state index contributed by atoms with van der Waals surface area (Å²) in [6.07, 6.45) is 0. The molecule has 81 valence electrons. The van der Waals surface area contributed by atoms with E-state index in [9.17, 15) is 0 Å². The zero-order valence-corrected chi connectivity index (χ0v) is 11.1. The van der Waals surface area contributed by atoms with Crippen molar-refractivity contribution in [1.82, 2.24) is 0 Å². The summed E-state index contributed by atoms with van der Waals surface area (Å²) < 4.78 is 12.3. The van der Waals surface area contributed by atoms with Gasteiger partial charge in [-0.1, -0.05) is 0 Å². The molecule has 0 aromatic rings. The van der Waals surface area contributed by atoms with E-state index in [2.05, 4.69) is 14.2 Å². The van der Waals surface area contributed by atoms with Crippen LogP contribution in [0.25, 0.3) is 0 Å². The van der Waals surface area contributed by atoms with Crippen molar-refractivity contribution < 1.29 is 62.2 Å². The van der Waals surface area contributed by atoms with E-state index in [1.807, 2.05) is 0 Å². The standard InChI is InChI=1S/3C2H6O2.Y/c3*1-4-2-3;/h3*3H,2H2,1H3;. The second-order valence-electron chi connectivity index (χ2n) is 1.25. The predicted molar refractivity (Wildman–Crippen MR) is 42.3 cm³/mol. The van der Waals surface area contributed by atoms with Crippen LogP contribution in [0.4, 0.5) is 0 Å². The van der Waals surface area contributed by atoms with Crippen molar-refractivity contribution in [3.63, 3.8) is 0 Å². The van der Waals surface area contributed by atoms with E-state index in [0.29, 0.717) is 0 Å². The maximum absolute atomic E-state index is 7.65. The fourth-order valence-corrected chi connectivity index (χ4v) is 0. The first-order valence-corrected chi connectivity index (χ1v) is 3.04. The molecule has 0 aromatic heterocycles. The van der Waals surface area contributed by atoms with Crippen molar-refractivity contribution in [2.45, 2.75) is 0 Å². The van der Waals surface area contributed by atoms with Crippen molar-refractivity contribution in [3.05, 3.63) is 0 Å². The van der Waals surface area contributed by atoms with E-state index >= 15 is 0 Å². The average Bonchev–Trinajstić information content (AvgIpc) is 2.18. The number of rotatable bonds is 3. The van der Waals surface area contributed by atoms with Crippen LogP contribution >= 0.6 is 0 Å². The minimum Gasteiger partial charge on any atom is -0.371 e. The van der Waals surface area contributed by atoms with Crippen LogP contribution in [0.15, 0.2) is 0 Å². The molecule has 0 amide bonds. The fourth-order valence-electron chi connectivity index (χ4n) is 0. The minimum absolute atomic E-state index is 0. The monoisotopic (exact) mass is 275 g/mol. The molecule has 0 saturated heterocycles. The molecule has 7 heteroatoms. The fraction of sp³-hybridized carbons (Fsp3) is 1.00. The number of aliphatic hydroxyl groups is 3. The van der Waals surface area contributed by atoms with Crippen molar-refractivity contribution in [2.24, 2.45) is 0 Å². The van der Waals surface area contributed by atoms with Crippen LogP contribution in [0.3, 0.4) is 0 Å². The van der Waals surface area contributed by atoms with Gasteiger partial charge in [0.05, 0.1) is 0 Å². The van der Waals surface area contributed by atoms with Gasteiger partial charge in [0.25, 0.3) is 0 Å². The van der Waals surface area contributed by atoms with Gasteiger partial charge in [0.15, 0.2) is 0 Å². The molecular weight excluding hydrogens is 257 g/mol. The molecule has 0 saturated carbocycles. The third-order valence-electron chi connectivity index (χ3n) is 0.387. The van der Waals surface area contributed by atoms with Crippen molar-refractivity contribution in [1.29, 1.82) is 0 Å². The topological polar surface area (TPSA) is 88.4 Å². The largest absolute Gasteiger partial charge is 0.371 e. The molecule has 0 atom stereocenters. The maximum Gasteiger partial charge on any atom is 0.143 e. The van der Waals surface area contributed by atoms with Crippen LogP contribution in [0.5, 0.6) is 0 Å². The Morgan fingerprint density at radius 2 is 0.769 bits per heavy atom. The summed E-state index contributed by atoms with van der Waals surface area (Å²) in [5.74, 6) is 0. The van der Waals surface area contributed by atoms with Gasteiger partial charge in [-0.15, -0.1) is 0 Å². The van der Waals surface area contributed by atoms with Crippen molar-refractivity contribution >= 4 is 0 Å². The molecule has 0 aliphatic heterocycles. The smallest absolute Gasteiger partial charge is 0.143 e. The summed E-state index contributed by atoms with van der Waals surface area (Å²) in [5, 5.41) is 23.0. The summed E-state index contributed by atoms with van der Waals surface area (Å²) >= 11 is 0. The van der Waals surface area contributed by atoms with Crippen LogP contribution in [-0.2, 0) is 46.9 Å². The Kier molecular flexibility index (Phi) is 69.7. The Balaban J connectivity index is -0.0000000450. The molecule has 0 heterocycles. The molecule has 6 nitrogen and oxygen atoms in total. The molecule has 0 aliphatic rings. The van der Waals surface area contributed by atoms with Gasteiger partial charge in [-0.3, -0.25) is 0 Å². The molecule has 0 aliphatic carbocycles. The zero-order chi connectivity index (χ0) is 10.2. The second-order valence-corrected chi connectivity index (χ2v) is 1.25. The van der Waals surface area contributed by atoms with Crippen molar-refractivity contribution in [3.8, 4) is 0 Å². The van der Waals surface area contributed by atoms with Crippen LogP contribution in [0.2, 0.25) is 0 Å². The molecule has 0 bridgehead atoms. The predicted octanol–water partition coefficient (Wildman–Crippen LogP) is -1.25. The minimum atomic E-state index is -0.181. The zero-order valence-electron chi connectivity index (χ0n) is 8.27. The van der Waals surface area contributed by atoms with Gasteiger partial charge in [0.2, 0.25) is 0 Å². The summed E-state index contributed by atoms with van der Waals surface area (Å²) in [6.45, 7) is -0.542. The van der Waals surface area contributed by atoms with E-state index in [-0.39, 0.29) is 53.1 Å². The molecule has 0 spiro atoms. The van der Waals surface area contributed by atoms with E-state index < -0.39 is 0 Å². The molecule has 1 radical (unpaired) electrons. The number of hydrogen-bond donors (Lipinski definition) is 3. The van der Waals surface area contributed by atoms with Crippen molar-refractivity contribution in [2.75, 3.05) is 41.7 Å². The Bertz CT molecular complexity index is 32.6. The van der Waals surface area contributed by atoms with E-state index in [4.69, 9.17) is 15.3 Å². The van der Waals surface area contributed by atoms with Gasteiger partial charge in [-0.2, -0.15) is 0 Å². The van der Waals surface area contributed by atoms with Gasteiger partial charge >= 0.3 is 0 Å². The van der Waals surface area contributed by atoms with Gasteiger partial charge < -0.3 is 29.5 Å². The third kappa shape index (κ3) is 102. The van der Waals surface area contributed by atoms with Crippen LogP contribution in [-0.4, -0.2) is 57.0 Å². The molecule has 0 aromatic carbocycles. The summed E-state index contributed by atoms with van der Waals surface area (Å²) in [7, 11) is 4.29. The summed E-state index contributed by atoms with van der Waals surface area (Å²) in [5.41, 5.74) is 0. The molecule has 0 rings (SSSR count). The molecule has 0 fully saturated rings. The SMILES string of the molecule is COCO.COCO.COCO.[Y]. The normalized spacial score (nSPS) is 6.92. The first kappa shape index (κ1) is 23.6. The Labute approximate surface area is 104 Å². The van der Waals surface area contributed by atoms with Crippen LogP contribution in [0, 0.1) is 0 Å². The van der Waals surface area contributed by atoms with Gasteiger partial charge in [-0.05, 0) is 0 Å². The summed E-state index contributed by atoms with van der Waals surface area (Å²) in [6, 6.07) is 0. The Hall–Kier alpha value is 0.864.